The Kier molecular flexibility index (Phi) is 6.48. The number of unbranched alkanes of at least 4 members (excludes halogenated alkanes) is 1. The molecule has 1 heterocycles. The van der Waals surface area contributed by atoms with Crippen LogP contribution in [0, 0.1) is 5.92 Å². The monoisotopic (exact) mass is 330 g/mol. The predicted molar refractivity (Wildman–Crippen MR) is 97.4 cm³/mol. The van der Waals surface area contributed by atoms with Gasteiger partial charge in [0.25, 0.3) is 0 Å². The summed E-state index contributed by atoms with van der Waals surface area (Å²) in [5.74, 6) is 0.625. The molecule has 0 saturated heterocycles. The van der Waals surface area contributed by atoms with Crippen molar-refractivity contribution in [2.45, 2.75) is 51.6 Å². The van der Waals surface area contributed by atoms with Crippen LogP contribution in [0.5, 0.6) is 0 Å². The molecule has 1 N–H and O–H groups in total. The average Bonchev–Trinajstić information content (AvgIpc) is 3.08. The number of hydrogen-bond donors (Lipinski definition) is 1. The van der Waals surface area contributed by atoms with Gasteiger partial charge in [0.1, 0.15) is 5.01 Å². The fourth-order valence-corrected chi connectivity index (χ4v) is 3.64. The molecule has 2 rings (SSSR count). The first-order valence-corrected chi connectivity index (χ1v) is 9.18. The summed E-state index contributed by atoms with van der Waals surface area (Å²) < 4.78 is 4.46. The SMILES string of the molecule is C=Cc1nc(C(O)(c2ccccc2)C(CCC)CCCC)ns1. The van der Waals surface area contributed by atoms with Crippen LogP contribution < -0.4 is 0 Å². The van der Waals surface area contributed by atoms with Gasteiger partial charge >= 0.3 is 0 Å². The van der Waals surface area contributed by atoms with Crippen LogP contribution in [0.2, 0.25) is 0 Å². The van der Waals surface area contributed by atoms with Crippen LogP contribution >= 0.6 is 11.5 Å². The van der Waals surface area contributed by atoms with E-state index in [9.17, 15) is 5.11 Å². The molecule has 0 aliphatic carbocycles. The zero-order chi connectivity index (χ0) is 16.7. The zero-order valence-corrected chi connectivity index (χ0v) is 14.9. The van der Waals surface area contributed by atoms with Crippen molar-refractivity contribution in [3.05, 3.63) is 53.3 Å². The van der Waals surface area contributed by atoms with Crippen LogP contribution in [0.1, 0.15) is 62.3 Å². The summed E-state index contributed by atoms with van der Waals surface area (Å²) in [6, 6.07) is 9.84. The second-order valence-electron chi connectivity index (χ2n) is 5.92. The molecule has 23 heavy (non-hydrogen) atoms. The van der Waals surface area contributed by atoms with Crippen LogP contribution in [0.4, 0.5) is 0 Å². The minimum atomic E-state index is -1.13. The highest BCUT2D eigenvalue weighted by Crippen LogP contribution is 2.40. The Hall–Kier alpha value is -1.52. The lowest BCUT2D eigenvalue weighted by Gasteiger charge is -2.34. The Bertz CT molecular complexity index is 611. The number of rotatable bonds is 9. The first kappa shape index (κ1) is 17.8. The molecule has 2 atom stereocenters. The summed E-state index contributed by atoms with van der Waals surface area (Å²) in [5.41, 5.74) is -0.257. The second-order valence-corrected chi connectivity index (χ2v) is 6.70. The number of hydrogen-bond acceptors (Lipinski definition) is 4. The maximum absolute atomic E-state index is 11.7. The van der Waals surface area contributed by atoms with Gasteiger partial charge in [-0.3, -0.25) is 0 Å². The molecule has 0 amide bonds. The number of nitrogens with zero attached hydrogens (tertiary/aromatic N) is 2. The molecule has 4 heteroatoms. The Morgan fingerprint density at radius 2 is 1.96 bits per heavy atom. The topological polar surface area (TPSA) is 46.0 Å². The Morgan fingerprint density at radius 1 is 1.22 bits per heavy atom. The van der Waals surface area contributed by atoms with Crippen LogP contribution in [0.25, 0.3) is 6.08 Å². The molecule has 1 aromatic carbocycles. The first-order chi connectivity index (χ1) is 11.2. The van der Waals surface area contributed by atoms with Gasteiger partial charge in [-0.2, -0.15) is 4.37 Å². The summed E-state index contributed by atoms with van der Waals surface area (Å²) >= 11 is 1.29. The van der Waals surface area contributed by atoms with Crippen LogP contribution in [-0.4, -0.2) is 14.5 Å². The van der Waals surface area contributed by atoms with Crippen molar-refractivity contribution in [1.29, 1.82) is 0 Å². The fraction of sp³-hybridized carbons (Fsp3) is 0.474. The summed E-state index contributed by atoms with van der Waals surface area (Å²) in [6.07, 6.45) is 6.85. The van der Waals surface area contributed by atoms with E-state index in [1.54, 1.807) is 6.08 Å². The third-order valence-corrected chi connectivity index (χ3v) is 5.01. The first-order valence-electron chi connectivity index (χ1n) is 8.41. The highest BCUT2D eigenvalue weighted by molar-refractivity contribution is 7.06. The summed E-state index contributed by atoms with van der Waals surface area (Å²) in [6.45, 7) is 8.10. The molecule has 0 radical (unpaired) electrons. The quantitative estimate of drug-likeness (QED) is 0.702. The van der Waals surface area contributed by atoms with Gasteiger partial charge in [-0.1, -0.05) is 70.0 Å². The minimum Gasteiger partial charge on any atom is -0.377 e. The molecule has 0 spiro atoms. The smallest absolute Gasteiger partial charge is 0.179 e. The van der Waals surface area contributed by atoms with Gasteiger partial charge in [0.05, 0.1) is 0 Å². The standard InChI is InChI=1S/C19H26N2OS/c1-4-7-12-15(11-5-2)19(22,16-13-9-8-10-14-16)18-20-17(6-3)23-21-18/h6,8-10,13-15,22H,3-5,7,11-12H2,1-2H3. The molecule has 124 valence electrons. The van der Waals surface area contributed by atoms with Crippen molar-refractivity contribution < 1.29 is 5.11 Å². The molecule has 2 aromatic rings. The van der Waals surface area contributed by atoms with E-state index in [1.807, 2.05) is 30.3 Å². The highest BCUT2D eigenvalue weighted by Gasteiger charge is 2.42. The lowest BCUT2D eigenvalue weighted by atomic mass is 9.75. The molecule has 0 aliphatic rings. The van der Waals surface area contributed by atoms with E-state index in [-0.39, 0.29) is 5.92 Å². The molecule has 0 saturated carbocycles. The van der Waals surface area contributed by atoms with E-state index in [1.165, 1.54) is 11.5 Å². The largest absolute Gasteiger partial charge is 0.377 e. The summed E-state index contributed by atoms with van der Waals surface area (Å²) in [4.78, 5) is 4.53. The molecule has 0 aliphatic heterocycles. The van der Waals surface area contributed by atoms with Crippen molar-refractivity contribution >= 4 is 17.6 Å². The van der Waals surface area contributed by atoms with Crippen LogP contribution in [0.3, 0.4) is 0 Å². The van der Waals surface area contributed by atoms with Crippen molar-refractivity contribution in [1.82, 2.24) is 9.36 Å². The molecule has 0 bridgehead atoms. The van der Waals surface area contributed by atoms with E-state index < -0.39 is 5.60 Å². The predicted octanol–water partition coefficient (Wildman–Crippen LogP) is 5.02. The maximum atomic E-state index is 11.7. The van der Waals surface area contributed by atoms with E-state index in [2.05, 4.69) is 29.8 Å². The lowest BCUT2D eigenvalue weighted by molar-refractivity contribution is -0.000293. The Labute approximate surface area is 143 Å². The van der Waals surface area contributed by atoms with E-state index in [0.29, 0.717) is 5.82 Å². The van der Waals surface area contributed by atoms with Gasteiger partial charge < -0.3 is 5.11 Å². The van der Waals surface area contributed by atoms with Crippen molar-refractivity contribution in [3.63, 3.8) is 0 Å². The van der Waals surface area contributed by atoms with Gasteiger partial charge in [0, 0.05) is 0 Å². The zero-order valence-electron chi connectivity index (χ0n) is 14.0. The van der Waals surface area contributed by atoms with Crippen LogP contribution in [0.15, 0.2) is 36.9 Å². The van der Waals surface area contributed by atoms with Crippen LogP contribution in [-0.2, 0) is 5.60 Å². The number of aromatic nitrogens is 2. The molecule has 2 unspecified atom stereocenters. The van der Waals surface area contributed by atoms with Gasteiger partial charge in [-0.05, 0) is 41.9 Å². The molecular formula is C19H26N2OS. The third-order valence-electron chi connectivity index (χ3n) is 4.31. The highest BCUT2D eigenvalue weighted by atomic mass is 32.1. The van der Waals surface area contributed by atoms with Gasteiger partial charge in [0.2, 0.25) is 0 Å². The molecule has 0 fully saturated rings. The number of benzene rings is 1. The van der Waals surface area contributed by atoms with E-state index in [0.717, 1.165) is 42.7 Å². The van der Waals surface area contributed by atoms with Crippen molar-refractivity contribution in [2.75, 3.05) is 0 Å². The van der Waals surface area contributed by atoms with Gasteiger partial charge in [0.15, 0.2) is 11.4 Å². The maximum Gasteiger partial charge on any atom is 0.179 e. The minimum absolute atomic E-state index is 0.113. The average molecular weight is 330 g/mol. The molecule has 1 aromatic heterocycles. The van der Waals surface area contributed by atoms with E-state index >= 15 is 0 Å². The van der Waals surface area contributed by atoms with Crippen molar-refractivity contribution in [3.8, 4) is 0 Å². The normalized spacial score (nSPS) is 15.1. The Morgan fingerprint density at radius 3 is 2.52 bits per heavy atom. The lowest BCUT2D eigenvalue weighted by Crippen LogP contribution is -2.37. The Balaban J connectivity index is 2.50. The summed E-state index contributed by atoms with van der Waals surface area (Å²) in [5, 5.41) is 12.5. The molecule has 3 nitrogen and oxygen atoms in total. The second kappa shape index (κ2) is 8.37. The molecular weight excluding hydrogens is 304 g/mol. The van der Waals surface area contributed by atoms with E-state index in [4.69, 9.17) is 0 Å². The van der Waals surface area contributed by atoms with Crippen molar-refractivity contribution in [2.24, 2.45) is 5.92 Å². The fourth-order valence-electron chi connectivity index (χ4n) is 3.07. The summed E-state index contributed by atoms with van der Waals surface area (Å²) in [7, 11) is 0. The number of aliphatic hydroxyl groups is 1. The van der Waals surface area contributed by atoms with Gasteiger partial charge in [-0.15, -0.1) is 0 Å². The third kappa shape index (κ3) is 3.88. The van der Waals surface area contributed by atoms with Gasteiger partial charge in [-0.25, -0.2) is 4.98 Å².